The average molecular weight is 261 g/mol. The molecule has 0 fully saturated rings. The van der Waals surface area contributed by atoms with Gasteiger partial charge in [-0.2, -0.15) is 0 Å². The summed E-state index contributed by atoms with van der Waals surface area (Å²) in [6.45, 7) is 3.71. The number of nitrogens with zero attached hydrogens (tertiary/aromatic N) is 1. The molecular weight excluding hydrogens is 242 g/mol. The molecule has 0 saturated heterocycles. The molecule has 4 heteroatoms. The van der Waals surface area contributed by atoms with Crippen LogP contribution in [0.2, 0.25) is 0 Å². The zero-order chi connectivity index (χ0) is 12.8. The van der Waals surface area contributed by atoms with Crippen molar-refractivity contribution in [2.75, 3.05) is 6.54 Å². The Kier molecular flexibility index (Phi) is 4.87. The summed E-state index contributed by atoms with van der Waals surface area (Å²) >= 11 is 1.77. The van der Waals surface area contributed by atoms with Crippen molar-refractivity contribution in [1.29, 1.82) is 0 Å². The Morgan fingerprint density at radius 3 is 2.78 bits per heavy atom. The van der Waals surface area contributed by atoms with Gasteiger partial charge in [-0.25, -0.2) is 4.98 Å². The van der Waals surface area contributed by atoms with Crippen LogP contribution in [0.5, 0.6) is 0 Å². The Labute approximate surface area is 112 Å². The van der Waals surface area contributed by atoms with Gasteiger partial charge in [0.05, 0.1) is 0 Å². The second kappa shape index (κ2) is 6.64. The number of rotatable bonds is 6. The first-order valence-electron chi connectivity index (χ1n) is 6.24. The third kappa shape index (κ3) is 3.63. The van der Waals surface area contributed by atoms with Gasteiger partial charge in [-0.1, -0.05) is 37.3 Å². The second-order valence-electron chi connectivity index (χ2n) is 4.22. The summed E-state index contributed by atoms with van der Waals surface area (Å²) < 4.78 is 0. The molecule has 2 rings (SSSR count). The van der Waals surface area contributed by atoms with Crippen LogP contribution in [-0.4, -0.2) is 11.5 Å². The van der Waals surface area contributed by atoms with Gasteiger partial charge in [0, 0.05) is 30.2 Å². The predicted molar refractivity (Wildman–Crippen MR) is 76.6 cm³/mol. The highest BCUT2D eigenvalue weighted by atomic mass is 32.1. The van der Waals surface area contributed by atoms with Crippen molar-refractivity contribution in [2.24, 2.45) is 5.73 Å². The van der Waals surface area contributed by atoms with Gasteiger partial charge in [0.15, 0.2) is 0 Å². The van der Waals surface area contributed by atoms with E-state index in [1.165, 1.54) is 10.4 Å². The molecule has 1 unspecified atom stereocenters. The number of aromatic nitrogens is 1. The Bertz CT molecular complexity index is 467. The van der Waals surface area contributed by atoms with Crippen LogP contribution in [0.4, 0.5) is 0 Å². The van der Waals surface area contributed by atoms with E-state index >= 15 is 0 Å². The van der Waals surface area contributed by atoms with E-state index in [0.717, 1.165) is 24.5 Å². The molecule has 0 saturated carbocycles. The van der Waals surface area contributed by atoms with Gasteiger partial charge in [-0.05, 0) is 12.0 Å². The number of hydrogen-bond donors (Lipinski definition) is 2. The minimum atomic E-state index is 0.0387. The number of aryl methyl sites for hydroxylation is 1. The molecule has 3 N–H and O–H groups in total. The van der Waals surface area contributed by atoms with E-state index in [4.69, 9.17) is 5.73 Å². The summed E-state index contributed by atoms with van der Waals surface area (Å²) in [7, 11) is 0. The molecular formula is C14H19N3S. The number of benzene rings is 1. The first-order chi connectivity index (χ1) is 8.79. The van der Waals surface area contributed by atoms with Crippen LogP contribution in [0.25, 0.3) is 0 Å². The fourth-order valence-corrected chi connectivity index (χ4v) is 2.58. The van der Waals surface area contributed by atoms with E-state index in [2.05, 4.69) is 29.4 Å². The maximum Gasteiger partial charge on any atom is 0.107 e. The highest BCUT2D eigenvalue weighted by Crippen LogP contribution is 2.13. The Hall–Kier alpha value is -1.23. The van der Waals surface area contributed by atoms with Crippen molar-refractivity contribution in [3.63, 3.8) is 0 Å². The lowest BCUT2D eigenvalue weighted by Gasteiger charge is -2.12. The number of thiazole rings is 1. The molecule has 0 spiro atoms. The monoisotopic (exact) mass is 261 g/mol. The summed E-state index contributed by atoms with van der Waals surface area (Å²) in [6, 6.07) is 10.2. The van der Waals surface area contributed by atoms with Crippen LogP contribution in [0, 0.1) is 0 Å². The highest BCUT2D eigenvalue weighted by molar-refractivity contribution is 7.11. The minimum absolute atomic E-state index is 0.0387. The zero-order valence-electron chi connectivity index (χ0n) is 10.6. The molecule has 0 aliphatic carbocycles. The first-order valence-corrected chi connectivity index (χ1v) is 7.06. The quantitative estimate of drug-likeness (QED) is 0.840. The normalized spacial score (nSPS) is 12.6. The van der Waals surface area contributed by atoms with Gasteiger partial charge >= 0.3 is 0 Å². The van der Waals surface area contributed by atoms with E-state index in [0.29, 0.717) is 0 Å². The molecule has 1 atom stereocenters. The van der Waals surface area contributed by atoms with Crippen LogP contribution in [-0.2, 0) is 13.0 Å². The third-order valence-electron chi connectivity index (χ3n) is 2.82. The Morgan fingerprint density at radius 2 is 2.11 bits per heavy atom. The molecule has 18 heavy (non-hydrogen) atoms. The minimum Gasteiger partial charge on any atom is -0.323 e. The summed E-state index contributed by atoms with van der Waals surface area (Å²) in [4.78, 5) is 5.70. The fourth-order valence-electron chi connectivity index (χ4n) is 1.75. The van der Waals surface area contributed by atoms with Crippen LogP contribution in [0.15, 0.2) is 36.5 Å². The molecule has 0 radical (unpaired) electrons. The van der Waals surface area contributed by atoms with Crippen LogP contribution < -0.4 is 11.1 Å². The lowest BCUT2D eigenvalue weighted by atomic mass is 10.1. The number of hydrogen-bond acceptors (Lipinski definition) is 4. The summed E-state index contributed by atoms with van der Waals surface area (Å²) in [5.74, 6) is 0. The molecule has 1 aromatic carbocycles. The molecule has 0 aliphatic heterocycles. The Morgan fingerprint density at radius 1 is 1.33 bits per heavy atom. The van der Waals surface area contributed by atoms with E-state index < -0.39 is 0 Å². The number of nitrogens with one attached hydrogen (secondary N) is 1. The molecule has 1 heterocycles. The number of nitrogens with two attached hydrogens (primary N) is 1. The van der Waals surface area contributed by atoms with Crippen LogP contribution in [0.1, 0.15) is 28.4 Å². The fraction of sp³-hybridized carbons (Fsp3) is 0.357. The highest BCUT2D eigenvalue weighted by Gasteiger charge is 2.05. The van der Waals surface area contributed by atoms with Crippen LogP contribution in [0.3, 0.4) is 0 Å². The SMILES string of the molecule is CCc1cnc(CNCC(N)c2ccccc2)s1. The largest absolute Gasteiger partial charge is 0.323 e. The second-order valence-corrected chi connectivity index (χ2v) is 5.42. The first kappa shape index (κ1) is 13.2. The van der Waals surface area contributed by atoms with Crippen LogP contribution >= 0.6 is 11.3 Å². The molecule has 0 amide bonds. The van der Waals surface area contributed by atoms with Gasteiger partial charge < -0.3 is 11.1 Å². The molecule has 0 bridgehead atoms. The van der Waals surface area contributed by atoms with E-state index in [1.807, 2.05) is 24.4 Å². The maximum atomic E-state index is 6.11. The van der Waals surface area contributed by atoms with Crippen molar-refractivity contribution in [3.8, 4) is 0 Å². The predicted octanol–water partition coefficient (Wildman–Crippen LogP) is 2.50. The summed E-state index contributed by atoms with van der Waals surface area (Å²) in [5.41, 5.74) is 7.28. The van der Waals surface area contributed by atoms with Crippen molar-refractivity contribution in [1.82, 2.24) is 10.3 Å². The van der Waals surface area contributed by atoms with Crippen molar-refractivity contribution >= 4 is 11.3 Å². The van der Waals surface area contributed by atoms with E-state index in [1.54, 1.807) is 11.3 Å². The van der Waals surface area contributed by atoms with Crippen molar-refractivity contribution in [2.45, 2.75) is 25.9 Å². The van der Waals surface area contributed by atoms with Gasteiger partial charge in [-0.3, -0.25) is 0 Å². The Balaban J connectivity index is 1.78. The van der Waals surface area contributed by atoms with Gasteiger partial charge in [0.25, 0.3) is 0 Å². The van der Waals surface area contributed by atoms with Gasteiger partial charge in [0.1, 0.15) is 5.01 Å². The average Bonchev–Trinajstić information content (AvgIpc) is 2.87. The topological polar surface area (TPSA) is 50.9 Å². The molecule has 0 aliphatic rings. The summed E-state index contributed by atoms with van der Waals surface area (Å²) in [6.07, 6.45) is 3.01. The lowest BCUT2D eigenvalue weighted by Crippen LogP contribution is -2.26. The molecule has 96 valence electrons. The molecule has 1 aromatic heterocycles. The van der Waals surface area contributed by atoms with E-state index in [-0.39, 0.29) is 6.04 Å². The van der Waals surface area contributed by atoms with E-state index in [9.17, 15) is 0 Å². The smallest absolute Gasteiger partial charge is 0.107 e. The lowest BCUT2D eigenvalue weighted by molar-refractivity contribution is 0.597. The van der Waals surface area contributed by atoms with Crippen molar-refractivity contribution < 1.29 is 0 Å². The molecule has 3 nitrogen and oxygen atoms in total. The van der Waals surface area contributed by atoms with Gasteiger partial charge in [0.2, 0.25) is 0 Å². The molecule has 2 aromatic rings. The standard InChI is InChI=1S/C14H19N3S/c1-2-12-8-17-14(18-12)10-16-9-13(15)11-6-4-3-5-7-11/h3-8,13,16H,2,9-10,15H2,1H3. The van der Waals surface area contributed by atoms with Crippen molar-refractivity contribution in [3.05, 3.63) is 52.0 Å². The maximum absolute atomic E-state index is 6.11. The van der Waals surface area contributed by atoms with Gasteiger partial charge in [-0.15, -0.1) is 11.3 Å². The third-order valence-corrected chi connectivity index (χ3v) is 3.96. The summed E-state index contributed by atoms with van der Waals surface area (Å²) in [5, 5.41) is 4.49. The zero-order valence-corrected chi connectivity index (χ0v) is 11.4.